The Morgan fingerprint density at radius 1 is 0.360 bits per heavy atom. The van der Waals surface area contributed by atoms with Crippen LogP contribution in [0.3, 0.4) is 0 Å². The fourth-order valence-electron chi connectivity index (χ4n) is 7.84. The van der Waals surface area contributed by atoms with E-state index in [0.717, 1.165) is 11.4 Å². The average molecular weight is 640 g/mol. The van der Waals surface area contributed by atoms with Gasteiger partial charge in [-0.05, 0) is 109 Å². The van der Waals surface area contributed by atoms with Gasteiger partial charge in [0.05, 0.1) is 5.69 Å². The van der Waals surface area contributed by atoms with E-state index < -0.39 is 0 Å². The van der Waals surface area contributed by atoms with Gasteiger partial charge in [0.2, 0.25) is 0 Å². The molecule has 0 bridgehead atoms. The highest BCUT2D eigenvalue weighted by atomic mass is 15.1. The fourth-order valence-corrected chi connectivity index (χ4v) is 7.84. The molecule has 0 heterocycles. The zero-order chi connectivity index (χ0) is 33.7. The fraction of sp³-hybridized carbons (Fsp3) is 0.0612. The molecule has 0 unspecified atom stereocenters. The van der Waals surface area contributed by atoms with Gasteiger partial charge < -0.3 is 4.90 Å². The summed E-state index contributed by atoms with van der Waals surface area (Å²) in [5.41, 5.74) is 15.8. The molecule has 0 aliphatic heterocycles. The maximum Gasteiger partial charge on any atom is 0.0543 e. The van der Waals surface area contributed by atoms with E-state index in [4.69, 9.17) is 0 Å². The maximum atomic E-state index is 2.48. The van der Waals surface area contributed by atoms with E-state index in [-0.39, 0.29) is 5.41 Å². The summed E-state index contributed by atoms with van der Waals surface area (Å²) in [5, 5.41) is 2.55. The molecule has 1 heteroatoms. The molecule has 1 nitrogen and oxygen atoms in total. The predicted octanol–water partition coefficient (Wildman–Crippen LogP) is 13.6. The lowest BCUT2D eigenvalue weighted by Gasteiger charge is -2.30. The van der Waals surface area contributed by atoms with E-state index in [9.17, 15) is 0 Å². The Bertz CT molecular complexity index is 2420. The first-order chi connectivity index (χ1) is 24.5. The third-order valence-electron chi connectivity index (χ3n) is 10.4. The first-order valence-electron chi connectivity index (χ1n) is 17.4. The molecule has 8 aromatic carbocycles. The molecule has 0 saturated heterocycles. The molecule has 0 atom stereocenters. The van der Waals surface area contributed by atoms with Crippen LogP contribution >= 0.6 is 0 Å². The summed E-state index contributed by atoms with van der Waals surface area (Å²) in [5.74, 6) is 0. The van der Waals surface area contributed by atoms with Gasteiger partial charge in [-0.25, -0.2) is 0 Å². The Balaban J connectivity index is 1.32. The molecule has 238 valence electrons. The van der Waals surface area contributed by atoms with Crippen molar-refractivity contribution in [3.8, 4) is 44.5 Å². The average Bonchev–Trinajstić information content (AvgIpc) is 3.40. The van der Waals surface area contributed by atoms with Crippen LogP contribution in [0.15, 0.2) is 188 Å². The van der Waals surface area contributed by atoms with Gasteiger partial charge in [-0.2, -0.15) is 0 Å². The molecule has 50 heavy (non-hydrogen) atoms. The van der Waals surface area contributed by atoms with Crippen molar-refractivity contribution < 1.29 is 0 Å². The molecule has 9 rings (SSSR count). The second-order valence-electron chi connectivity index (χ2n) is 13.8. The van der Waals surface area contributed by atoms with E-state index in [1.165, 1.54) is 72.1 Å². The van der Waals surface area contributed by atoms with Crippen LogP contribution in [0.25, 0.3) is 55.3 Å². The van der Waals surface area contributed by atoms with Crippen LogP contribution in [0, 0.1) is 0 Å². The topological polar surface area (TPSA) is 3.24 Å². The first-order valence-corrected chi connectivity index (χ1v) is 17.4. The predicted molar refractivity (Wildman–Crippen MR) is 213 cm³/mol. The van der Waals surface area contributed by atoms with Crippen molar-refractivity contribution >= 4 is 27.8 Å². The van der Waals surface area contributed by atoms with Crippen molar-refractivity contribution in [3.05, 3.63) is 199 Å². The second kappa shape index (κ2) is 12.1. The smallest absolute Gasteiger partial charge is 0.0543 e. The van der Waals surface area contributed by atoms with E-state index in [2.05, 4.69) is 207 Å². The number of anilines is 3. The molecule has 0 spiro atoms. The Kier molecular flexibility index (Phi) is 7.21. The van der Waals surface area contributed by atoms with Crippen molar-refractivity contribution in [3.63, 3.8) is 0 Å². The van der Waals surface area contributed by atoms with E-state index >= 15 is 0 Å². The molecule has 0 fully saturated rings. The number of nitrogens with zero attached hydrogens (tertiary/aromatic N) is 1. The normalized spacial score (nSPS) is 12.8. The third kappa shape index (κ3) is 5.11. The zero-order valence-electron chi connectivity index (χ0n) is 28.3. The highest BCUT2D eigenvalue weighted by Crippen LogP contribution is 2.55. The highest BCUT2D eigenvalue weighted by molar-refractivity contribution is 6.00. The van der Waals surface area contributed by atoms with Gasteiger partial charge >= 0.3 is 0 Å². The summed E-state index contributed by atoms with van der Waals surface area (Å²) in [6, 6.07) is 68.7. The van der Waals surface area contributed by atoms with Crippen LogP contribution in [0.2, 0.25) is 0 Å². The number of hydrogen-bond acceptors (Lipinski definition) is 1. The van der Waals surface area contributed by atoms with Crippen LogP contribution in [0.5, 0.6) is 0 Å². The van der Waals surface area contributed by atoms with Crippen LogP contribution < -0.4 is 4.90 Å². The van der Waals surface area contributed by atoms with Crippen LogP contribution in [0.1, 0.15) is 25.0 Å². The molecule has 0 amide bonds. The van der Waals surface area contributed by atoms with Crippen molar-refractivity contribution in [2.75, 3.05) is 4.90 Å². The molecule has 8 aromatic rings. The van der Waals surface area contributed by atoms with Crippen molar-refractivity contribution in [1.29, 1.82) is 0 Å². The molecular weight excluding hydrogens is 603 g/mol. The lowest BCUT2D eigenvalue weighted by Crippen LogP contribution is -2.16. The molecule has 1 aliphatic carbocycles. The van der Waals surface area contributed by atoms with Gasteiger partial charge in [-0.3, -0.25) is 0 Å². The summed E-state index contributed by atoms with van der Waals surface area (Å²) in [4.78, 5) is 2.48. The molecule has 0 saturated carbocycles. The second-order valence-corrected chi connectivity index (χ2v) is 13.8. The Morgan fingerprint density at radius 2 is 0.860 bits per heavy atom. The van der Waals surface area contributed by atoms with Crippen LogP contribution in [-0.2, 0) is 5.41 Å². The molecule has 0 aromatic heterocycles. The number of hydrogen-bond donors (Lipinski definition) is 0. The van der Waals surface area contributed by atoms with E-state index in [1.54, 1.807) is 0 Å². The quantitative estimate of drug-likeness (QED) is 0.175. The summed E-state index contributed by atoms with van der Waals surface area (Å²) >= 11 is 0. The van der Waals surface area contributed by atoms with Gasteiger partial charge in [0.15, 0.2) is 0 Å². The van der Waals surface area contributed by atoms with Gasteiger partial charge in [-0.15, -0.1) is 0 Å². The van der Waals surface area contributed by atoms with Crippen molar-refractivity contribution in [2.24, 2.45) is 0 Å². The summed E-state index contributed by atoms with van der Waals surface area (Å²) < 4.78 is 0. The molecule has 0 N–H and O–H groups in total. The SMILES string of the molecule is CC1(C)c2cc3ccccc3cc2-c2c(N(c3ccc(-c4ccccc4)cc3)c3cc(-c4ccccc4)cc(-c4ccccc4)c3)cccc21. The van der Waals surface area contributed by atoms with E-state index in [0.29, 0.717) is 0 Å². The summed E-state index contributed by atoms with van der Waals surface area (Å²) in [7, 11) is 0. The summed E-state index contributed by atoms with van der Waals surface area (Å²) in [6.45, 7) is 4.75. The minimum atomic E-state index is -0.144. The highest BCUT2D eigenvalue weighted by Gasteiger charge is 2.38. The minimum Gasteiger partial charge on any atom is -0.310 e. The van der Waals surface area contributed by atoms with Gasteiger partial charge in [0.1, 0.15) is 0 Å². The van der Waals surface area contributed by atoms with Crippen molar-refractivity contribution in [1.82, 2.24) is 0 Å². The zero-order valence-corrected chi connectivity index (χ0v) is 28.3. The Hall–Kier alpha value is -6.18. The van der Waals surface area contributed by atoms with Gasteiger partial charge in [-0.1, -0.05) is 153 Å². The Morgan fingerprint density at radius 3 is 1.44 bits per heavy atom. The minimum absolute atomic E-state index is 0.144. The lowest BCUT2D eigenvalue weighted by atomic mass is 9.82. The number of fused-ring (bicyclic) bond motifs is 4. The standard InChI is InChI=1S/C49H37N/c1-49(2)45-23-14-24-47(48(45)44-32-38-21-12-13-22-39(38)33-46(44)49)50(42-27-25-37(26-28-42)34-15-6-3-7-16-34)43-30-40(35-17-8-4-9-18-35)29-41(31-43)36-19-10-5-11-20-36/h3-33H,1-2H3. The van der Waals surface area contributed by atoms with Gasteiger partial charge in [0, 0.05) is 22.4 Å². The van der Waals surface area contributed by atoms with Gasteiger partial charge in [0.25, 0.3) is 0 Å². The third-order valence-corrected chi connectivity index (χ3v) is 10.4. The first kappa shape index (κ1) is 29.9. The number of benzene rings is 8. The maximum absolute atomic E-state index is 2.48. The largest absolute Gasteiger partial charge is 0.310 e. The van der Waals surface area contributed by atoms with Crippen LogP contribution in [-0.4, -0.2) is 0 Å². The molecular formula is C49H37N. The number of rotatable bonds is 6. The molecule has 0 radical (unpaired) electrons. The lowest BCUT2D eigenvalue weighted by molar-refractivity contribution is 0.661. The van der Waals surface area contributed by atoms with Crippen LogP contribution in [0.4, 0.5) is 17.1 Å². The summed E-state index contributed by atoms with van der Waals surface area (Å²) in [6.07, 6.45) is 0. The van der Waals surface area contributed by atoms with E-state index in [1.807, 2.05) is 0 Å². The monoisotopic (exact) mass is 639 g/mol. The Labute approximate surface area is 294 Å². The van der Waals surface area contributed by atoms with Crippen molar-refractivity contribution in [2.45, 2.75) is 19.3 Å². The molecule has 1 aliphatic rings.